The minimum absolute atomic E-state index is 0.233. The molecular weight excluding hydrogens is 281 g/mol. The van der Waals surface area contributed by atoms with Crippen LogP contribution >= 0.6 is 0 Å². The van der Waals surface area contributed by atoms with E-state index in [1.54, 1.807) is 6.07 Å². The molecule has 4 nitrogen and oxygen atoms in total. The third-order valence-corrected chi connectivity index (χ3v) is 3.50. The monoisotopic (exact) mass is 302 g/mol. The van der Waals surface area contributed by atoms with E-state index in [2.05, 4.69) is 15.3 Å². The summed E-state index contributed by atoms with van der Waals surface area (Å²) in [6.45, 7) is 3.85. The summed E-state index contributed by atoms with van der Waals surface area (Å²) in [4.78, 5) is 9.23. The highest BCUT2D eigenvalue weighted by atomic mass is 19.4. The van der Waals surface area contributed by atoms with Crippen molar-refractivity contribution in [3.05, 3.63) is 11.9 Å². The number of aromatic nitrogens is 2. The van der Waals surface area contributed by atoms with Crippen LogP contribution in [-0.4, -0.2) is 29.6 Å². The molecule has 0 unspecified atom stereocenters. The quantitative estimate of drug-likeness (QED) is 0.924. The molecule has 2 rings (SSSR count). The van der Waals surface area contributed by atoms with Crippen LogP contribution in [0.15, 0.2) is 6.07 Å². The van der Waals surface area contributed by atoms with Gasteiger partial charge in [0.05, 0.1) is 0 Å². The van der Waals surface area contributed by atoms with Gasteiger partial charge in [0.25, 0.3) is 0 Å². The van der Waals surface area contributed by atoms with E-state index in [9.17, 15) is 13.2 Å². The van der Waals surface area contributed by atoms with Gasteiger partial charge in [-0.05, 0) is 19.8 Å². The SMILES string of the molecule is CCNc1cc(N2CCCCCCC2)nc(C(F)(F)F)n1. The average molecular weight is 302 g/mol. The Bertz CT molecular complexity index is 454. The fourth-order valence-electron chi connectivity index (χ4n) is 2.47. The van der Waals surface area contributed by atoms with E-state index in [1.165, 1.54) is 6.42 Å². The minimum atomic E-state index is -4.52. The molecule has 21 heavy (non-hydrogen) atoms. The molecule has 2 heterocycles. The van der Waals surface area contributed by atoms with Gasteiger partial charge in [0.2, 0.25) is 5.82 Å². The van der Waals surface area contributed by atoms with E-state index in [0.717, 1.165) is 38.8 Å². The standard InChI is InChI=1S/C14H21F3N4/c1-2-18-11-10-12(20-13(19-11)14(15,16)17)21-8-6-4-3-5-7-9-21/h10H,2-9H2,1H3,(H,18,19,20). The lowest BCUT2D eigenvalue weighted by Crippen LogP contribution is -2.29. The lowest BCUT2D eigenvalue weighted by molar-refractivity contribution is -0.144. The van der Waals surface area contributed by atoms with Crippen LogP contribution in [0.1, 0.15) is 44.9 Å². The second-order valence-corrected chi connectivity index (χ2v) is 5.22. The number of hydrogen-bond donors (Lipinski definition) is 1. The fourth-order valence-corrected chi connectivity index (χ4v) is 2.47. The van der Waals surface area contributed by atoms with Crippen molar-refractivity contribution in [1.82, 2.24) is 9.97 Å². The van der Waals surface area contributed by atoms with E-state index >= 15 is 0 Å². The van der Waals surface area contributed by atoms with Crippen LogP contribution in [0.4, 0.5) is 24.8 Å². The number of alkyl halides is 3. The molecule has 1 fully saturated rings. The second kappa shape index (κ2) is 6.95. The molecule has 7 heteroatoms. The lowest BCUT2D eigenvalue weighted by atomic mass is 10.1. The molecule has 0 atom stereocenters. The number of rotatable bonds is 3. The molecule has 1 aliphatic heterocycles. The summed E-state index contributed by atoms with van der Waals surface area (Å²) in [6, 6.07) is 1.61. The van der Waals surface area contributed by atoms with E-state index in [4.69, 9.17) is 0 Å². The zero-order valence-corrected chi connectivity index (χ0v) is 12.2. The molecule has 0 spiro atoms. The minimum Gasteiger partial charge on any atom is -0.370 e. The van der Waals surface area contributed by atoms with Gasteiger partial charge < -0.3 is 10.2 Å². The van der Waals surface area contributed by atoms with Gasteiger partial charge in [0.1, 0.15) is 11.6 Å². The van der Waals surface area contributed by atoms with Crippen molar-refractivity contribution < 1.29 is 13.2 Å². The summed E-state index contributed by atoms with van der Waals surface area (Å²) in [5, 5.41) is 2.85. The first kappa shape index (κ1) is 15.9. The molecule has 0 saturated carbocycles. The lowest BCUT2D eigenvalue weighted by Gasteiger charge is -2.26. The Kier molecular flexibility index (Phi) is 5.25. The van der Waals surface area contributed by atoms with Gasteiger partial charge in [-0.2, -0.15) is 13.2 Å². The van der Waals surface area contributed by atoms with Gasteiger partial charge in [-0.1, -0.05) is 19.3 Å². The summed E-state index contributed by atoms with van der Waals surface area (Å²) in [5.74, 6) is -0.468. The van der Waals surface area contributed by atoms with Crippen molar-refractivity contribution in [2.45, 2.75) is 45.2 Å². The molecule has 0 amide bonds. The summed E-state index contributed by atoms with van der Waals surface area (Å²) in [6.07, 6.45) is 0.891. The van der Waals surface area contributed by atoms with E-state index in [-0.39, 0.29) is 5.82 Å². The maximum absolute atomic E-state index is 12.9. The predicted molar refractivity (Wildman–Crippen MR) is 76.5 cm³/mol. The molecule has 0 aromatic carbocycles. The second-order valence-electron chi connectivity index (χ2n) is 5.22. The summed E-state index contributed by atoms with van der Waals surface area (Å²) >= 11 is 0. The number of nitrogens with zero attached hydrogens (tertiary/aromatic N) is 3. The van der Waals surface area contributed by atoms with E-state index < -0.39 is 12.0 Å². The third-order valence-electron chi connectivity index (χ3n) is 3.50. The highest BCUT2D eigenvalue weighted by Crippen LogP contribution is 2.29. The Labute approximate surface area is 122 Å². The first-order chi connectivity index (χ1) is 10.0. The van der Waals surface area contributed by atoms with E-state index in [0.29, 0.717) is 12.4 Å². The first-order valence-corrected chi connectivity index (χ1v) is 7.46. The van der Waals surface area contributed by atoms with Crippen molar-refractivity contribution >= 4 is 11.6 Å². The zero-order chi connectivity index (χ0) is 15.3. The Hall–Kier alpha value is -1.53. The zero-order valence-electron chi connectivity index (χ0n) is 12.2. The number of hydrogen-bond acceptors (Lipinski definition) is 4. The van der Waals surface area contributed by atoms with Crippen LogP contribution in [0.25, 0.3) is 0 Å². The highest BCUT2D eigenvalue weighted by molar-refractivity contribution is 5.49. The molecular formula is C14H21F3N4. The number of nitrogens with one attached hydrogen (secondary N) is 1. The van der Waals surface area contributed by atoms with Crippen molar-refractivity contribution in [2.24, 2.45) is 0 Å². The Morgan fingerprint density at radius 2 is 1.71 bits per heavy atom. The summed E-state index contributed by atoms with van der Waals surface area (Å²) in [7, 11) is 0. The van der Waals surface area contributed by atoms with E-state index in [1.807, 2.05) is 11.8 Å². The fraction of sp³-hybridized carbons (Fsp3) is 0.714. The Morgan fingerprint density at radius 1 is 1.10 bits per heavy atom. The van der Waals surface area contributed by atoms with Gasteiger partial charge in [0.15, 0.2) is 0 Å². The van der Waals surface area contributed by atoms with Crippen molar-refractivity contribution in [1.29, 1.82) is 0 Å². The molecule has 0 radical (unpaired) electrons. The van der Waals surface area contributed by atoms with Crippen LogP contribution in [0.5, 0.6) is 0 Å². The molecule has 1 aromatic heterocycles. The molecule has 1 aromatic rings. The smallest absolute Gasteiger partial charge is 0.370 e. The van der Waals surface area contributed by atoms with Crippen LogP contribution in [0.3, 0.4) is 0 Å². The summed E-state index contributed by atoms with van der Waals surface area (Å²) in [5.41, 5.74) is 0. The molecule has 1 saturated heterocycles. The maximum Gasteiger partial charge on any atom is 0.451 e. The molecule has 1 N–H and O–H groups in total. The van der Waals surface area contributed by atoms with Crippen LogP contribution in [0.2, 0.25) is 0 Å². The van der Waals surface area contributed by atoms with Gasteiger partial charge in [-0.25, -0.2) is 9.97 Å². The normalized spacial score (nSPS) is 17.2. The van der Waals surface area contributed by atoms with Crippen molar-refractivity contribution in [3.63, 3.8) is 0 Å². The predicted octanol–water partition coefficient (Wildman–Crippen LogP) is 3.70. The third kappa shape index (κ3) is 4.47. The topological polar surface area (TPSA) is 41.0 Å². The number of anilines is 2. The van der Waals surface area contributed by atoms with Gasteiger partial charge in [-0.15, -0.1) is 0 Å². The molecule has 1 aliphatic rings. The average Bonchev–Trinajstić information content (AvgIpc) is 2.37. The maximum atomic E-state index is 12.9. The van der Waals surface area contributed by atoms with Crippen molar-refractivity contribution in [3.8, 4) is 0 Å². The molecule has 0 bridgehead atoms. The van der Waals surface area contributed by atoms with Gasteiger partial charge in [-0.3, -0.25) is 0 Å². The highest BCUT2D eigenvalue weighted by Gasteiger charge is 2.35. The Balaban J connectivity index is 2.29. The first-order valence-electron chi connectivity index (χ1n) is 7.46. The van der Waals surface area contributed by atoms with Gasteiger partial charge in [0, 0.05) is 25.7 Å². The molecule has 0 aliphatic carbocycles. The van der Waals surface area contributed by atoms with Crippen LogP contribution in [-0.2, 0) is 6.18 Å². The largest absolute Gasteiger partial charge is 0.451 e. The number of halogens is 3. The molecule has 118 valence electrons. The van der Waals surface area contributed by atoms with Gasteiger partial charge >= 0.3 is 6.18 Å². The van der Waals surface area contributed by atoms with Crippen LogP contribution in [0, 0.1) is 0 Å². The Morgan fingerprint density at radius 3 is 2.29 bits per heavy atom. The van der Waals surface area contributed by atoms with Crippen LogP contribution < -0.4 is 10.2 Å². The van der Waals surface area contributed by atoms with Crippen molar-refractivity contribution in [2.75, 3.05) is 29.9 Å². The summed E-state index contributed by atoms with van der Waals surface area (Å²) < 4.78 is 38.8.